The number of nitrogen functional groups attached to an aromatic ring is 1. The lowest BCUT2D eigenvalue weighted by Gasteiger charge is -2.32. The van der Waals surface area contributed by atoms with E-state index in [0.29, 0.717) is 5.69 Å². The molecule has 10 nitrogen and oxygen atoms in total. The summed E-state index contributed by atoms with van der Waals surface area (Å²) in [6, 6.07) is 5.44. The molecule has 4 N–H and O–H groups in total. The number of benzene rings is 1. The van der Waals surface area contributed by atoms with E-state index in [4.69, 9.17) is 11.3 Å². The van der Waals surface area contributed by atoms with Gasteiger partial charge >= 0.3 is 0 Å². The fourth-order valence-electron chi connectivity index (χ4n) is 2.40. The quantitative estimate of drug-likeness (QED) is 0.236. The Labute approximate surface area is 137 Å². The van der Waals surface area contributed by atoms with Gasteiger partial charge in [0, 0.05) is 28.3 Å². The van der Waals surface area contributed by atoms with Gasteiger partial charge in [-0.2, -0.15) is 16.8 Å². The highest BCUT2D eigenvalue weighted by atomic mass is 32.3. The topological polar surface area (TPSA) is 184 Å². The fourth-order valence-corrected chi connectivity index (χ4v) is 5.05. The van der Waals surface area contributed by atoms with Crippen LogP contribution in [0.25, 0.3) is 16.0 Å². The summed E-state index contributed by atoms with van der Waals surface area (Å²) in [5.74, 6) is 0. The summed E-state index contributed by atoms with van der Waals surface area (Å²) in [6.45, 7) is 0. The Morgan fingerprint density at radius 3 is 2.08 bits per heavy atom. The van der Waals surface area contributed by atoms with E-state index in [9.17, 15) is 25.9 Å². The van der Waals surface area contributed by atoms with Gasteiger partial charge in [-0.3, -0.25) is 9.11 Å². The van der Waals surface area contributed by atoms with Crippen molar-refractivity contribution in [2.24, 2.45) is 5.11 Å². The van der Waals surface area contributed by atoms with Crippen LogP contribution >= 0.6 is 0 Å². The normalized spacial score (nSPS) is 17.4. The SMILES string of the molecule is [N-]=[N+]=NC1=CC=C(c2ccc(N)cc2)C(S(=O)(=O)O)(S(=O)(=O)O)C1. The van der Waals surface area contributed by atoms with E-state index in [1.54, 1.807) is 0 Å². The minimum Gasteiger partial charge on any atom is -0.399 e. The fraction of sp³-hybridized carbons (Fsp3) is 0.167. The lowest BCUT2D eigenvalue weighted by Crippen LogP contribution is -2.48. The minimum atomic E-state index is -5.37. The van der Waals surface area contributed by atoms with Crippen molar-refractivity contribution in [3.05, 3.63) is 58.1 Å². The molecule has 0 spiro atoms. The molecule has 0 bridgehead atoms. The second-order valence-electron chi connectivity index (χ2n) is 4.93. The lowest BCUT2D eigenvalue weighted by molar-refractivity contribution is 0.438. The Hall–Kier alpha value is -2.37. The third-order valence-electron chi connectivity index (χ3n) is 3.49. The summed E-state index contributed by atoms with van der Waals surface area (Å²) in [5.41, 5.74) is 13.7. The zero-order valence-electron chi connectivity index (χ0n) is 11.9. The van der Waals surface area contributed by atoms with Crippen LogP contribution in [-0.4, -0.2) is 30.0 Å². The number of nitrogens with two attached hydrogens (primary N) is 1. The highest BCUT2D eigenvalue weighted by Gasteiger charge is 2.58. The van der Waals surface area contributed by atoms with Crippen LogP contribution in [0.5, 0.6) is 0 Å². The highest BCUT2D eigenvalue weighted by molar-refractivity contribution is 8.06. The molecule has 0 aliphatic heterocycles. The Kier molecular flexibility index (Phi) is 4.44. The largest absolute Gasteiger partial charge is 0.399 e. The molecule has 0 atom stereocenters. The van der Waals surface area contributed by atoms with Gasteiger partial charge in [0.2, 0.25) is 0 Å². The standard InChI is InChI=1S/C12H12N4O6S2/c13-9-3-1-8(2-4-9)11-6-5-10(15-16-14)7-12(11,23(17,18)19)24(20,21)22/h1-6H,7,13H2,(H,17,18,19)(H,20,21,22). The molecule has 0 saturated heterocycles. The maximum Gasteiger partial charge on any atom is 0.292 e. The van der Waals surface area contributed by atoms with Gasteiger partial charge in [0.1, 0.15) is 0 Å². The van der Waals surface area contributed by atoms with E-state index in [-0.39, 0.29) is 11.3 Å². The molecule has 0 fully saturated rings. The molecule has 0 aromatic heterocycles. The van der Waals surface area contributed by atoms with E-state index in [0.717, 1.165) is 6.08 Å². The Morgan fingerprint density at radius 2 is 1.62 bits per heavy atom. The molecule has 0 saturated carbocycles. The molecule has 24 heavy (non-hydrogen) atoms. The molecule has 0 heterocycles. The molecule has 1 aliphatic rings. The lowest BCUT2D eigenvalue weighted by atomic mass is 9.94. The van der Waals surface area contributed by atoms with Gasteiger partial charge in [-0.05, 0) is 23.2 Å². The van der Waals surface area contributed by atoms with E-state index in [1.807, 2.05) is 0 Å². The van der Waals surface area contributed by atoms with Crippen LogP contribution < -0.4 is 5.73 Å². The van der Waals surface area contributed by atoms with E-state index in [2.05, 4.69) is 10.0 Å². The molecular formula is C12H12N4O6S2. The van der Waals surface area contributed by atoms with Gasteiger partial charge in [0.15, 0.2) is 0 Å². The second kappa shape index (κ2) is 5.92. The highest BCUT2D eigenvalue weighted by Crippen LogP contribution is 2.45. The first kappa shape index (κ1) is 18.0. The average molecular weight is 372 g/mol. The van der Waals surface area contributed by atoms with E-state index < -0.39 is 36.3 Å². The Bertz CT molecular complexity index is 954. The zero-order valence-corrected chi connectivity index (χ0v) is 13.6. The molecule has 1 aromatic rings. The van der Waals surface area contributed by atoms with Gasteiger partial charge in [-0.1, -0.05) is 29.4 Å². The first-order valence-electron chi connectivity index (χ1n) is 6.29. The van der Waals surface area contributed by atoms with Crippen molar-refractivity contribution in [2.75, 3.05) is 5.73 Å². The van der Waals surface area contributed by atoms with Gasteiger partial charge in [0.25, 0.3) is 24.3 Å². The molecule has 2 rings (SSSR count). The molecule has 0 radical (unpaired) electrons. The molecule has 0 unspecified atom stereocenters. The van der Waals surface area contributed by atoms with Crippen LogP contribution in [0, 0.1) is 0 Å². The molecule has 1 aromatic carbocycles. The molecule has 128 valence electrons. The van der Waals surface area contributed by atoms with Crippen molar-refractivity contribution < 1.29 is 25.9 Å². The first-order valence-corrected chi connectivity index (χ1v) is 9.17. The Morgan fingerprint density at radius 1 is 1.08 bits per heavy atom. The minimum absolute atomic E-state index is 0.0932. The summed E-state index contributed by atoms with van der Waals surface area (Å²) in [6.07, 6.45) is 1.28. The maximum atomic E-state index is 11.9. The van der Waals surface area contributed by atoms with E-state index >= 15 is 0 Å². The van der Waals surface area contributed by atoms with Gasteiger partial charge in [0.05, 0.1) is 0 Å². The predicted octanol–water partition coefficient (Wildman–Crippen LogP) is 1.72. The van der Waals surface area contributed by atoms with Crippen molar-refractivity contribution in [3.63, 3.8) is 0 Å². The van der Waals surface area contributed by atoms with Gasteiger partial charge < -0.3 is 5.73 Å². The van der Waals surface area contributed by atoms with Crippen molar-refractivity contribution in [3.8, 4) is 0 Å². The van der Waals surface area contributed by atoms with Crippen molar-refractivity contribution in [1.82, 2.24) is 0 Å². The molecule has 0 amide bonds. The number of hydrogen-bond acceptors (Lipinski definition) is 6. The average Bonchev–Trinajstić information content (AvgIpc) is 2.46. The van der Waals surface area contributed by atoms with Crippen molar-refractivity contribution >= 4 is 31.5 Å². The zero-order chi connectivity index (χ0) is 18.2. The van der Waals surface area contributed by atoms with Crippen LogP contribution in [0.2, 0.25) is 0 Å². The summed E-state index contributed by atoms with van der Waals surface area (Å²) < 4.78 is 63.9. The number of allylic oxidation sites excluding steroid dienone is 3. The van der Waals surface area contributed by atoms with Crippen LogP contribution in [0.1, 0.15) is 12.0 Å². The van der Waals surface area contributed by atoms with Crippen LogP contribution in [-0.2, 0) is 20.2 Å². The number of rotatable bonds is 4. The first-order chi connectivity index (χ1) is 11.0. The van der Waals surface area contributed by atoms with Crippen molar-refractivity contribution in [1.29, 1.82) is 0 Å². The number of azide groups is 1. The van der Waals surface area contributed by atoms with Gasteiger partial charge in [-0.15, -0.1) is 0 Å². The summed E-state index contributed by atoms with van der Waals surface area (Å²) in [5, 5.41) is 3.17. The second-order valence-corrected chi connectivity index (χ2v) is 8.48. The Balaban J connectivity index is 2.88. The summed E-state index contributed by atoms with van der Waals surface area (Å²) in [7, 11) is -10.7. The van der Waals surface area contributed by atoms with Gasteiger partial charge in [-0.25, -0.2) is 0 Å². The van der Waals surface area contributed by atoms with E-state index in [1.165, 1.54) is 30.3 Å². The van der Waals surface area contributed by atoms with Crippen LogP contribution in [0.15, 0.2) is 47.2 Å². The van der Waals surface area contributed by atoms with Crippen molar-refractivity contribution in [2.45, 2.75) is 10.5 Å². The van der Waals surface area contributed by atoms with Crippen LogP contribution in [0.4, 0.5) is 5.69 Å². The summed E-state index contributed by atoms with van der Waals surface area (Å²) >= 11 is 0. The third-order valence-corrected chi connectivity index (χ3v) is 7.15. The third kappa shape index (κ3) is 2.88. The number of hydrogen-bond donors (Lipinski definition) is 3. The summed E-state index contributed by atoms with van der Waals surface area (Å²) in [4.78, 5) is 2.46. The maximum absolute atomic E-state index is 11.9. The molecule has 12 heteroatoms. The van der Waals surface area contributed by atoms with Crippen LogP contribution in [0.3, 0.4) is 0 Å². The smallest absolute Gasteiger partial charge is 0.292 e. The molecule has 1 aliphatic carbocycles. The number of nitrogens with zero attached hydrogens (tertiary/aromatic N) is 3. The predicted molar refractivity (Wildman–Crippen MR) is 86.5 cm³/mol. The number of anilines is 1. The monoisotopic (exact) mass is 372 g/mol. The molecular weight excluding hydrogens is 360 g/mol.